The van der Waals surface area contributed by atoms with Crippen LogP contribution in [0, 0.1) is 6.92 Å². The molecule has 3 heterocycles. The SMILES string of the molecule is Cc1nc2ncnn2c2c1CC(C)N2Cc1ccccc1Cl. The molecule has 22 heavy (non-hydrogen) atoms. The third-order valence-electron chi connectivity index (χ3n) is 4.31. The number of nitrogens with zero attached hydrogens (tertiary/aromatic N) is 5. The van der Waals surface area contributed by atoms with Crippen molar-refractivity contribution in [2.45, 2.75) is 32.9 Å². The summed E-state index contributed by atoms with van der Waals surface area (Å²) in [7, 11) is 0. The summed E-state index contributed by atoms with van der Waals surface area (Å²) in [5.74, 6) is 1.74. The zero-order chi connectivity index (χ0) is 15.3. The molecule has 6 heteroatoms. The van der Waals surface area contributed by atoms with Crippen molar-refractivity contribution in [1.29, 1.82) is 0 Å². The van der Waals surface area contributed by atoms with Gasteiger partial charge in [-0.05, 0) is 31.9 Å². The number of rotatable bonds is 2. The first-order valence-electron chi connectivity index (χ1n) is 7.34. The van der Waals surface area contributed by atoms with E-state index >= 15 is 0 Å². The summed E-state index contributed by atoms with van der Waals surface area (Å²) in [6.45, 7) is 5.02. The van der Waals surface area contributed by atoms with E-state index in [2.05, 4.69) is 33.0 Å². The van der Waals surface area contributed by atoms with Gasteiger partial charge >= 0.3 is 0 Å². The van der Waals surface area contributed by atoms with Gasteiger partial charge in [0, 0.05) is 28.9 Å². The van der Waals surface area contributed by atoms with Crippen LogP contribution in [0.4, 0.5) is 5.82 Å². The summed E-state index contributed by atoms with van der Waals surface area (Å²) in [5.41, 5.74) is 3.40. The molecule has 0 N–H and O–H groups in total. The number of aromatic nitrogens is 4. The van der Waals surface area contributed by atoms with Crippen LogP contribution in [0.2, 0.25) is 5.02 Å². The fourth-order valence-corrected chi connectivity index (χ4v) is 3.35. The van der Waals surface area contributed by atoms with Crippen LogP contribution in [-0.2, 0) is 13.0 Å². The molecule has 4 rings (SSSR count). The molecule has 1 aliphatic rings. The molecule has 1 aromatic carbocycles. The van der Waals surface area contributed by atoms with Crippen molar-refractivity contribution in [3.8, 4) is 0 Å². The van der Waals surface area contributed by atoms with E-state index in [1.807, 2.05) is 29.6 Å². The Bertz CT molecular complexity index is 857. The standard InChI is InChI=1S/C16H16ClN5/c1-10-7-13-11(2)20-16-18-9-19-22(16)15(13)21(10)8-12-5-3-4-6-14(12)17/h3-6,9-10H,7-8H2,1-2H3. The van der Waals surface area contributed by atoms with Gasteiger partial charge in [0.05, 0.1) is 0 Å². The van der Waals surface area contributed by atoms with E-state index in [0.29, 0.717) is 11.8 Å². The minimum atomic E-state index is 0.376. The molecule has 2 aromatic heterocycles. The Kier molecular flexibility index (Phi) is 3.04. The van der Waals surface area contributed by atoms with E-state index in [9.17, 15) is 0 Å². The van der Waals surface area contributed by atoms with Gasteiger partial charge in [0.15, 0.2) is 0 Å². The summed E-state index contributed by atoms with van der Waals surface area (Å²) in [4.78, 5) is 11.1. The van der Waals surface area contributed by atoms with Gasteiger partial charge in [0.25, 0.3) is 5.78 Å². The molecule has 1 atom stereocenters. The van der Waals surface area contributed by atoms with Crippen LogP contribution >= 0.6 is 11.6 Å². The lowest BCUT2D eigenvalue weighted by atomic mass is 10.1. The second-order valence-electron chi connectivity index (χ2n) is 5.74. The van der Waals surface area contributed by atoms with E-state index in [-0.39, 0.29) is 0 Å². The van der Waals surface area contributed by atoms with Crippen molar-refractivity contribution >= 4 is 23.2 Å². The lowest BCUT2D eigenvalue weighted by molar-refractivity contribution is 0.661. The van der Waals surface area contributed by atoms with E-state index in [1.54, 1.807) is 6.33 Å². The molecule has 3 aromatic rings. The third kappa shape index (κ3) is 1.96. The second-order valence-corrected chi connectivity index (χ2v) is 6.15. The largest absolute Gasteiger partial charge is 0.349 e. The van der Waals surface area contributed by atoms with Crippen LogP contribution in [0.25, 0.3) is 5.78 Å². The molecule has 0 fully saturated rings. The lowest BCUT2D eigenvalue weighted by Gasteiger charge is -2.25. The summed E-state index contributed by atoms with van der Waals surface area (Å²) in [6.07, 6.45) is 2.52. The molecule has 0 saturated heterocycles. The molecule has 112 valence electrons. The fraction of sp³-hybridized carbons (Fsp3) is 0.312. The Morgan fingerprint density at radius 2 is 2.14 bits per heavy atom. The average Bonchev–Trinajstić information content (AvgIpc) is 3.07. The van der Waals surface area contributed by atoms with Crippen LogP contribution in [0.1, 0.15) is 23.7 Å². The molecule has 0 aliphatic carbocycles. The predicted molar refractivity (Wildman–Crippen MR) is 86.3 cm³/mol. The first kappa shape index (κ1) is 13.5. The number of hydrogen-bond acceptors (Lipinski definition) is 4. The highest BCUT2D eigenvalue weighted by Gasteiger charge is 2.31. The molecular formula is C16H16ClN5. The highest BCUT2D eigenvalue weighted by atomic mass is 35.5. The van der Waals surface area contributed by atoms with Gasteiger partial charge < -0.3 is 4.90 Å². The molecule has 0 spiro atoms. The predicted octanol–water partition coefficient (Wildman–Crippen LogP) is 3.04. The quantitative estimate of drug-likeness (QED) is 0.729. The Morgan fingerprint density at radius 1 is 1.32 bits per heavy atom. The van der Waals surface area contributed by atoms with Crippen LogP contribution in [-0.4, -0.2) is 25.6 Å². The van der Waals surface area contributed by atoms with Crippen LogP contribution in [0.5, 0.6) is 0 Å². The molecule has 5 nitrogen and oxygen atoms in total. The van der Waals surface area contributed by atoms with Gasteiger partial charge in [-0.1, -0.05) is 29.8 Å². The molecule has 1 unspecified atom stereocenters. The van der Waals surface area contributed by atoms with Crippen LogP contribution in [0.3, 0.4) is 0 Å². The molecule has 1 aliphatic heterocycles. The van der Waals surface area contributed by atoms with Crippen molar-refractivity contribution in [1.82, 2.24) is 19.6 Å². The number of hydrogen-bond donors (Lipinski definition) is 0. The van der Waals surface area contributed by atoms with Gasteiger partial charge in [-0.2, -0.15) is 14.6 Å². The molecule has 0 saturated carbocycles. The van der Waals surface area contributed by atoms with Gasteiger partial charge in [-0.3, -0.25) is 0 Å². The fourth-order valence-electron chi connectivity index (χ4n) is 3.16. The topological polar surface area (TPSA) is 46.3 Å². The maximum absolute atomic E-state index is 6.33. The van der Waals surface area contributed by atoms with Gasteiger partial charge in [0.2, 0.25) is 0 Å². The summed E-state index contributed by atoms with van der Waals surface area (Å²) in [6, 6.07) is 8.35. The summed E-state index contributed by atoms with van der Waals surface area (Å²) in [5, 5.41) is 5.14. The molecule has 0 amide bonds. The summed E-state index contributed by atoms with van der Waals surface area (Å²) >= 11 is 6.33. The highest BCUT2D eigenvalue weighted by molar-refractivity contribution is 6.31. The number of aryl methyl sites for hydroxylation is 1. The summed E-state index contributed by atoms with van der Waals surface area (Å²) < 4.78 is 1.84. The minimum Gasteiger partial charge on any atom is -0.349 e. The third-order valence-corrected chi connectivity index (χ3v) is 4.68. The van der Waals surface area contributed by atoms with E-state index < -0.39 is 0 Å². The zero-order valence-corrected chi connectivity index (χ0v) is 13.2. The minimum absolute atomic E-state index is 0.376. The normalized spacial score (nSPS) is 17.2. The van der Waals surface area contributed by atoms with E-state index in [0.717, 1.165) is 35.1 Å². The number of anilines is 1. The Balaban J connectivity index is 1.85. The molecule has 0 bridgehead atoms. The van der Waals surface area contributed by atoms with Gasteiger partial charge in [-0.25, -0.2) is 4.98 Å². The number of fused-ring (bicyclic) bond motifs is 3. The maximum Gasteiger partial charge on any atom is 0.254 e. The van der Waals surface area contributed by atoms with Gasteiger partial charge in [0.1, 0.15) is 12.1 Å². The number of halogens is 1. The monoisotopic (exact) mass is 313 g/mol. The Hall–Kier alpha value is -2.14. The van der Waals surface area contributed by atoms with E-state index in [1.165, 1.54) is 5.56 Å². The van der Waals surface area contributed by atoms with Crippen molar-refractivity contribution in [3.63, 3.8) is 0 Å². The Morgan fingerprint density at radius 3 is 2.95 bits per heavy atom. The zero-order valence-electron chi connectivity index (χ0n) is 12.5. The van der Waals surface area contributed by atoms with Crippen molar-refractivity contribution in [2.75, 3.05) is 4.90 Å². The molecule has 0 radical (unpaired) electrons. The maximum atomic E-state index is 6.33. The van der Waals surface area contributed by atoms with Crippen LogP contribution < -0.4 is 4.90 Å². The number of benzene rings is 1. The van der Waals surface area contributed by atoms with Crippen molar-refractivity contribution in [2.24, 2.45) is 0 Å². The first-order chi connectivity index (χ1) is 10.6. The van der Waals surface area contributed by atoms with Crippen molar-refractivity contribution in [3.05, 3.63) is 52.4 Å². The smallest absolute Gasteiger partial charge is 0.254 e. The Labute approximate surface area is 133 Å². The first-order valence-corrected chi connectivity index (χ1v) is 7.72. The highest BCUT2D eigenvalue weighted by Crippen LogP contribution is 2.35. The van der Waals surface area contributed by atoms with Gasteiger partial charge in [-0.15, -0.1) is 0 Å². The molecular weight excluding hydrogens is 298 g/mol. The lowest BCUT2D eigenvalue weighted by Crippen LogP contribution is -2.30. The van der Waals surface area contributed by atoms with E-state index in [4.69, 9.17) is 11.6 Å². The second kappa shape index (κ2) is 4.95. The van der Waals surface area contributed by atoms with Crippen molar-refractivity contribution < 1.29 is 0 Å². The average molecular weight is 314 g/mol. The van der Waals surface area contributed by atoms with Crippen LogP contribution in [0.15, 0.2) is 30.6 Å².